The van der Waals surface area contributed by atoms with E-state index >= 15 is 0 Å². The van der Waals surface area contributed by atoms with Gasteiger partial charge in [-0.15, -0.1) is 0 Å². The summed E-state index contributed by atoms with van der Waals surface area (Å²) in [4.78, 5) is 10.8. The quantitative estimate of drug-likeness (QED) is 0.750. The normalized spacial score (nSPS) is 14.2. The first kappa shape index (κ1) is 12.7. The Morgan fingerprint density at radius 3 is 2.44 bits per heavy atom. The third-order valence-electron chi connectivity index (χ3n) is 2.20. The molecule has 1 unspecified atom stereocenters. The van der Waals surface area contributed by atoms with Crippen LogP contribution in [0.3, 0.4) is 0 Å². The molecule has 0 aliphatic carbocycles. The average Bonchev–Trinajstić information content (AvgIpc) is 2.26. The lowest BCUT2D eigenvalue weighted by Gasteiger charge is -2.06. The van der Waals surface area contributed by atoms with E-state index in [4.69, 9.17) is 9.89 Å². The highest BCUT2D eigenvalue weighted by Gasteiger charge is 2.09. The predicted molar refractivity (Wildman–Crippen MR) is 61.9 cm³/mol. The summed E-state index contributed by atoms with van der Waals surface area (Å²) in [5.74, 6) is -0.624. The third kappa shape index (κ3) is 4.02. The number of rotatable bonds is 6. The Kier molecular flexibility index (Phi) is 4.49. The number of carboxylic acids is 1. The van der Waals surface area contributed by atoms with Crippen LogP contribution in [0.4, 0.5) is 0 Å². The molecule has 0 aromatic heterocycles. The first-order valence-electron chi connectivity index (χ1n) is 5.06. The van der Waals surface area contributed by atoms with E-state index in [1.165, 1.54) is 0 Å². The van der Waals surface area contributed by atoms with Crippen LogP contribution in [0.15, 0.2) is 35.2 Å². The van der Waals surface area contributed by atoms with Gasteiger partial charge >= 0.3 is 5.97 Å². The van der Waals surface area contributed by atoms with E-state index in [2.05, 4.69) is 0 Å². The number of carbonyl (C=O) groups is 1. The van der Waals surface area contributed by atoms with Gasteiger partial charge in [0.2, 0.25) is 0 Å². The summed E-state index contributed by atoms with van der Waals surface area (Å²) < 4.78 is 19.7. The van der Waals surface area contributed by atoms with Crippen LogP contribution < -0.4 is 0 Å². The van der Waals surface area contributed by atoms with Crippen LogP contribution in [0.25, 0.3) is 0 Å². The summed E-state index contributed by atoms with van der Waals surface area (Å²) in [6.45, 7) is 0. The van der Waals surface area contributed by atoms with Crippen LogP contribution in [0.5, 0.6) is 0 Å². The van der Waals surface area contributed by atoms with Crippen LogP contribution in [-0.2, 0) is 14.5 Å². The highest BCUT2D eigenvalue weighted by atomic mass is 32.2. The zero-order valence-electron chi connectivity index (χ0n) is 8.89. The molecule has 1 aromatic carbocycles. The lowest BCUT2D eigenvalue weighted by atomic mass is 10.2. The van der Waals surface area contributed by atoms with Gasteiger partial charge in [-0.05, 0) is 25.0 Å². The Morgan fingerprint density at radius 1 is 1.25 bits per heavy atom. The molecule has 0 radical (unpaired) electrons. The van der Waals surface area contributed by atoms with E-state index in [-0.39, 0.29) is 12.2 Å². The molecule has 0 heterocycles. The molecule has 0 aliphatic rings. The molecule has 0 saturated heterocycles. The minimum absolute atomic E-state index is 0.0737. The number of nitrogens with one attached hydrogen (secondary N) is 1. The van der Waals surface area contributed by atoms with E-state index in [1.54, 1.807) is 24.3 Å². The maximum absolute atomic E-state index is 12.0. The predicted octanol–water partition coefficient (Wildman–Crippen LogP) is 2.35. The molecule has 0 bridgehead atoms. The number of hydrogen-bond donors (Lipinski definition) is 2. The van der Waals surface area contributed by atoms with Crippen molar-refractivity contribution in [3.05, 3.63) is 30.3 Å². The molecule has 0 saturated carbocycles. The minimum atomic E-state index is -2.75. The largest absolute Gasteiger partial charge is 0.481 e. The second kappa shape index (κ2) is 5.65. The van der Waals surface area contributed by atoms with Crippen LogP contribution in [0.1, 0.15) is 19.3 Å². The van der Waals surface area contributed by atoms with E-state index in [9.17, 15) is 9.00 Å². The summed E-state index contributed by atoms with van der Waals surface area (Å²) in [6.07, 6.45) is 1.05. The Labute approximate surface area is 95.3 Å². The van der Waals surface area contributed by atoms with E-state index < -0.39 is 15.7 Å². The second-order valence-electron chi connectivity index (χ2n) is 3.54. The summed E-state index contributed by atoms with van der Waals surface area (Å²) in [5.41, 5.74) is 0. The zero-order chi connectivity index (χ0) is 12.0. The molecule has 88 valence electrons. The van der Waals surface area contributed by atoms with Gasteiger partial charge in [0.05, 0.1) is 9.73 Å². The van der Waals surface area contributed by atoms with Crippen molar-refractivity contribution in [3.8, 4) is 0 Å². The SMILES string of the molecule is N=S(=O)(CCCCC(=O)O)c1ccccc1. The summed E-state index contributed by atoms with van der Waals surface area (Å²) in [6, 6.07) is 8.66. The third-order valence-corrected chi connectivity index (χ3v) is 4.09. The van der Waals surface area contributed by atoms with Gasteiger partial charge in [0.15, 0.2) is 0 Å². The van der Waals surface area contributed by atoms with E-state index in [1.807, 2.05) is 6.07 Å². The lowest BCUT2D eigenvalue weighted by molar-refractivity contribution is -0.137. The molecule has 16 heavy (non-hydrogen) atoms. The van der Waals surface area contributed by atoms with Crippen LogP contribution in [-0.4, -0.2) is 21.0 Å². The van der Waals surface area contributed by atoms with Crippen molar-refractivity contribution in [2.45, 2.75) is 24.2 Å². The fourth-order valence-electron chi connectivity index (χ4n) is 1.34. The van der Waals surface area contributed by atoms with Crippen LogP contribution in [0, 0.1) is 4.78 Å². The molecular formula is C11H15NO3S. The summed E-state index contributed by atoms with van der Waals surface area (Å²) in [7, 11) is -2.75. The summed E-state index contributed by atoms with van der Waals surface area (Å²) in [5, 5.41) is 8.44. The van der Waals surface area contributed by atoms with Gasteiger partial charge in [0.25, 0.3) is 0 Å². The Hall–Kier alpha value is -1.36. The topological polar surface area (TPSA) is 78.2 Å². The molecule has 5 heteroatoms. The number of carboxylic acid groups (broad SMARTS) is 1. The lowest BCUT2D eigenvalue weighted by Crippen LogP contribution is -2.05. The molecule has 0 spiro atoms. The highest BCUT2D eigenvalue weighted by molar-refractivity contribution is 7.92. The van der Waals surface area contributed by atoms with E-state index in [0.717, 1.165) is 0 Å². The van der Waals surface area contributed by atoms with Crippen molar-refractivity contribution >= 4 is 15.7 Å². The van der Waals surface area contributed by atoms with Gasteiger partial charge in [-0.3, -0.25) is 4.79 Å². The fourth-order valence-corrected chi connectivity index (χ4v) is 2.78. The Bertz CT molecular complexity index is 440. The molecule has 1 atom stereocenters. The van der Waals surface area contributed by atoms with Crippen molar-refractivity contribution < 1.29 is 14.1 Å². The molecule has 0 amide bonds. The van der Waals surface area contributed by atoms with Gasteiger partial charge in [-0.1, -0.05) is 18.2 Å². The first-order valence-corrected chi connectivity index (χ1v) is 6.78. The minimum Gasteiger partial charge on any atom is -0.481 e. The Balaban J connectivity index is 2.51. The molecule has 0 fully saturated rings. The smallest absolute Gasteiger partial charge is 0.303 e. The average molecular weight is 241 g/mol. The first-order chi connectivity index (χ1) is 7.52. The Morgan fingerprint density at radius 2 is 1.88 bits per heavy atom. The zero-order valence-corrected chi connectivity index (χ0v) is 9.70. The van der Waals surface area contributed by atoms with Crippen molar-refractivity contribution in [2.75, 3.05) is 5.75 Å². The second-order valence-corrected chi connectivity index (χ2v) is 5.77. The molecule has 2 N–H and O–H groups in total. The number of aliphatic carboxylic acids is 1. The van der Waals surface area contributed by atoms with Crippen molar-refractivity contribution in [2.24, 2.45) is 0 Å². The molecule has 1 rings (SSSR count). The van der Waals surface area contributed by atoms with Crippen molar-refractivity contribution in [1.29, 1.82) is 4.78 Å². The van der Waals surface area contributed by atoms with Gasteiger partial charge in [-0.2, -0.15) is 0 Å². The standard InChI is InChI=1S/C11H15NO3S/c12-16(15,9-5-4-8-11(13)14)10-6-2-1-3-7-10/h1-3,6-7,12H,4-5,8-9H2,(H,13,14). The van der Waals surface area contributed by atoms with Crippen molar-refractivity contribution in [1.82, 2.24) is 0 Å². The van der Waals surface area contributed by atoms with Gasteiger partial charge in [0.1, 0.15) is 0 Å². The van der Waals surface area contributed by atoms with E-state index in [0.29, 0.717) is 17.7 Å². The van der Waals surface area contributed by atoms with Gasteiger partial charge in [-0.25, -0.2) is 8.99 Å². The molecule has 1 aromatic rings. The van der Waals surface area contributed by atoms with Crippen molar-refractivity contribution in [3.63, 3.8) is 0 Å². The molecule has 4 nitrogen and oxygen atoms in total. The fraction of sp³-hybridized carbons (Fsp3) is 0.364. The monoisotopic (exact) mass is 241 g/mol. The van der Waals surface area contributed by atoms with Gasteiger partial charge in [0, 0.05) is 17.1 Å². The van der Waals surface area contributed by atoms with Gasteiger partial charge < -0.3 is 5.11 Å². The van der Waals surface area contributed by atoms with Crippen LogP contribution >= 0.6 is 0 Å². The summed E-state index contributed by atoms with van der Waals surface area (Å²) >= 11 is 0. The highest BCUT2D eigenvalue weighted by Crippen LogP contribution is 2.13. The number of unbranched alkanes of at least 4 members (excludes halogenated alkanes) is 1. The van der Waals surface area contributed by atoms with Crippen LogP contribution in [0.2, 0.25) is 0 Å². The number of benzene rings is 1. The number of hydrogen-bond acceptors (Lipinski definition) is 3. The molecular weight excluding hydrogens is 226 g/mol. The maximum Gasteiger partial charge on any atom is 0.303 e. The molecule has 0 aliphatic heterocycles. The maximum atomic E-state index is 12.0.